The Morgan fingerprint density at radius 1 is 1.26 bits per heavy atom. The van der Waals surface area contributed by atoms with Crippen molar-refractivity contribution in [2.45, 2.75) is 26.8 Å². The Morgan fingerprint density at radius 2 is 2.11 bits per heavy atom. The lowest BCUT2D eigenvalue weighted by Gasteiger charge is -2.06. The van der Waals surface area contributed by atoms with Gasteiger partial charge in [-0.15, -0.1) is 0 Å². The first kappa shape index (κ1) is 13.3. The lowest BCUT2D eigenvalue weighted by atomic mass is 10.3. The van der Waals surface area contributed by atoms with Gasteiger partial charge in [-0.3, -0.25) is 4.68 Å². The van der Waals surface area contributed by atoms with Gasteiger partial charge in [0, 0.05) is 19.3 Å². The highest BCUT2D eigenvalue weighted by Crippen LogP contribution is 2.18. The number of hydrogen-bond donors (Lipinski definition) is 1. The molecule has 0 aliphatic heterocycles. The minimum atomic E-state index is 0.299. The van der Waals surface area contributed by atoms with E-state index < -0.39 is 0 Å². The second-order valence-electron chi connectivity index (χ2n) is 3.98. The Kier molecular flexibility index (Phi) is 4.27. The summed E-state index contributed by atoms with van der Waals surface area (Å²) in [4.78, 5) is 12.8. The van der Waals surface area contributed by atoms with E-state index in [2.05, 4.69) is 32.3 Å². The Balaban J connectivity index is 2.32. The summed E-state index contributed by atoms with van der Waals surface area (Å²) < 4.78 is 6.92. The van der Waals surface area contributed by atoms with Crippen LogP contribution in [-0.4, -0.2) is 38.4 Å². The minimum absolute atomic E-state index is 0.299. The average molecular weight is 262 g/mol. The number of hydrogen-bond acceptors (Lipinski definition) is 6. The van der Waals surface area contributed by atoms with Gasteiger partial charge in [-0.25, -0.2) is 0 Å². The van der Waals surface area contributed by atoms with E-state index in [0.29, 0.717) is 17.8 Å². The summed E-state index contributed by atoms with van der Waals surface area (Å²) in [7, 11) is 1.54. The number of nitrogens with zero attached hydrogens (tertiary/aromatic N) is 5. The van der Waals surface area contributed by atoms with E-state index in [0.717, 1.165) is 25.1 Å². The molecule has 0 aromatic carbocycles. The second kappa shape index (κ2) is 6.12. The van der Waals surface area contributed by atoms with Crippen molar-refractivity contribution in [3.63, 3.8) is 0 Å². The molecule has 1 N–H and O–H groups in total. The summed E-state index contributed by atoms with van der Waals surface area (Å²) >= 11 is 0. The van der Waals surface area contributed by atoms with E-state index in [1.54, 1.807) is 6.20 Å². The molecule has 0 atom stereocenters. The van der Waals surface area contributed by atoms with Crippen molar-refractivity contribution in [2.75, 3.05) is 19.0 Å². The molecule has 2 heterocycles. The average Bonchev–Trinajstić information content (AvgIpc) is 2.93. The number of nitrogens with one attached hydrogen (secondary N) is 1. The third-order valence-corrected chi connectivity index (χ3v) is 2.55. The first-order valence-corrected chi connectivity index (χ1v) is 6.33. The number of methoxy groups -OCH3 is 1. The van der Waals surface area contributed by atoms with Gasteiger partial charge in [0.2, 0.25) is 5.95 Å². The van der Waals surface area contributed by atoms with E-state index in [-0.39, 0.29) is 0 Å². The summed E-state index contributed by atoms with van der Waals surface area (Å²) in [6.07, 6.45) is 4.64. The molecular formula is C12H18N6O. The zero-order valence-corrected chi connectivity index (χ0v) is 11.4. The van der Waals surface area contributed by atoms with E-state index in [4.69, 9.17) is 4.74 Å². The molecule has 0 bridgehead atoms. The molecule has 7 heteroatoms. The van der Waals surface area contributed by atoms with Crippen LogP contribution in [0.4, 0.5) is 5.95 Å². The highest BCUT2D eigenvalue weighted by molar-refractivity contribution is 5.54. The van der Waals surface area contributed by atoms with Crippen molar-refractivity contribution in [3.05, 3.63) is 12.4 Å². The van der Waals surface area contributed by atoms with Crippen LogP contribution in [0, 0.1) is 0 Å². The van der Waals surface area contributed by atoms with Crippen LogP contribution in [0.1, 0.15) is 20.3 Å². The Hall–Kier alpha value is -2.18. The molecule has 0 saturated carbocycles. The molecule has 0 aliphatic rings. The maximum atomic E-state index is 5.10. The molecule has 0 spiro atoms. The van der Waals surface area contributed by atoms with Gasteiger partial charge in [0.15, 0.2) is 5.82 Å². The smallest absolute Gasteiger partial charge is 0.321 e. The molecule has 0 unspecified atom stereocenters. The van der Waals surface area contributed by atoms with E-state index in [9.17, 15) is 0 Å². The van der Waals surface area contributed by atoms with Gasteiger partial charge >= 0.3 is 6.01 Å². The zero-order valence-electron chi connectivity index (χ0n) is 11.4. The summed E-state index contributed by atoms with van der Waals surface area (Å²) in [6, 6.07) is 0.299. The first-order chi connectivity index (χ1) is 9.26. The lowest BCUT2D eigenvalue weighted by Crippen LogP contribution is -2.07. The first-order valence-electron chi connectivity index (χ1n) is 6.33. The Morgan fingerprint density at radius 3 is 2.74 bits per heavy atom. The highest BCUT2D eigenvalue weighted by atomic mass is 16.5. The Labute approximate surface area is 112 Å². The molecule has 0 amide bonds. The minimum Gasteiger partial charge on any atom is -0.467 e. The molecule has 2 aromatic rings. The van der Waals surface area contributed by atoms with Gasteiger partial charge in [-0.1, -0.05) is 6.92 Å². The molecule has 7 nitrogen and oxygen atoms in total. The topological polar surface area (TPSA) is 77.8 Å². The fourth-order valence-electron chi connectivity index (χ4n) is 1.54. The van der Waals surface area contributed by atoms with Gasteiger partial charge in [0.1, 0.15) is 0 Å². The normalized spacial score (nSPS) is 10.5. The highest BCUT2D eigenvalue weighted by Gasteiger charge is 2.10. The third kappa shape index (κ3) is 3.18. The monoisotopic (exact) mass is 262 g/mol. The molecule has 0 saturated heterocycles. The van der Waals surface area contributed by atoms with Crippen LogP contribution < -0.4 is 10.1 Å². The molecule has 0 fully saturated rings. The summed E-state index contributed by atoms with van der Waals surface area (Å²) in [5, 5.41) is 7.34. The number of anilines is 1. The second-order valence-corrected chi connectivity index (χ2v) is 3.98. The van der Waals surface area contributed by atoms with E-state index in [1.807, 2.05) is 17.8 Å². The fourth-order valence-corrected chi connectivity index (χ4v) is 1.54. The number of ether oxygens (including phenoxy) is 1. The fraction of sp³-hybridized carbons (Fsp3) is 0.500. The van der Waals surface area contributed by atoms with Crippen LogP contribution >= 0.6 is 0 Å². The van der Waals surface area contributed by atoms with Crippen LogP contribution in [0.3, 0.4) is 0 Å². The van der Waals surface area contributed by atoms with Crippen LogP contribution in [0.15, 0.2) is 12.4 Å². The zero-order chi connectivity index (χ0) is 13.7. The summed E-state index contributed by atoms with van der Waals surface area (Å²) in [5.41, 5.74) is 0.849. The van der Waals surface area contributed by atoms with Crippen LogP contribution in [-0.2, 0) is 6.54 Å². The van der Waals surface area contributed by atoms with Gasteiger partial charge < -0.3 is 10.1 Å². The molecule has 0 radical (unpaired) electrons. The number of aromatic nitrogens is 5. The number of rotatable bonds is 6. The van der Waals surface area contributed by atoms with Crippen molar-refractivity contribution in [2.24, 2.45) is 0 Å². The van der Waals surface area contributed by atoms with Gasteiger partial charge in [-0.05, 0) is 13.3 Å². The SMILES string of the molecule is CCCNc1nc(OC)nc(-c2cnn(CC)c2)n1. The van der Waals surface area contributed by atoms with Gasteiger partial charge in [0.25, 0.3) is 0 Å². The van der Waals surface area contributed by atoms with E-state index in [1.165, 1.54) is 7.11 Å². The largest absolute Gasteiger partial charge is 0.467 e. The van der Waals surface area contributed by atoms with Gasteiger partial charge in [-0.2, -0.15) is 20.1 Å². The van der Waals surface area contributed by atoms with Crippen molar-refractivity contribution < 1.29 is 4.74 Å². The molecule has 0 aliphatic carbocycles. The quantitative estimate of drug-likeness (QED) is 0.851. The van der Waals surface area contributed by atoms with Crippen molar-refractivity contribution in [1.82, 2.24) is 24.7 Å². The predicted molar refractivity (Wildman–Crippen MR) is 72.1 cm³/mol. The molecule has 2 aromatic heterocycles. The van der Waals surface area contributed by atoms with Crippen molar-refractivity contribution in [3.8, 4) is 17.4 Å². The number of aryl methyl sites for hydroxylation is 1. The lowest BCUT2D eigenvalue weighted by molar-refractivity contribution is 0.379. The third-order valence-electron chi connectivity index (χ3n) is 2.55. The van der Waals surface area contributed by atoms with Gasteiger partial charge in [0.05, 0.1) is 18.9 Å². The molecule has 102 valence electrons. The summed E-state index contributed by atoms with van der Waals surface area (Å²) in [6.45, 7) is 5.72. The van der Waals surface area contributed by atoms with E-state index >= 15 is 0 Å². The maximum Gasteiger partial charge on any atom is 0.321 e. The maximum absolute atomic E-state index is 5.10. The van der Waals surface area contributed by atoms with Crippen LogP contribution in [0.25, 0.3) is 11.4 Å². The molecule has 2 rings (SSSR count). The predicted octanol–water partition coefficient (Wildman–Crippen LogP) is 1.59. The molecule has 19 heavy (non-hydrogen) atoms. The van der Waals surface area contributed by atoms with Crippen molar-refractivity contribution in [1.29, 1.82) is 0 Å². The molecular weight excluding hydrogens is 244 g/mol. The van der Waals surface area contributed by atoms with Crippen molar-refractivity contribution >= 4 is 5.95 Å². The van der Waals surface area contributed by atoms with Crippen LogP contribution in [0.5, 0.6) is 6.01 Å². The Bertz CT molecular complexity index is 539. The summed E-state index contributed by atoms with van der Waals surface area (Å²) in [5.74, 6) is 1.08. The van der Waals surface area contributed by atoms with Crippen LogP contribution in [0.2, 0.25) is 0 Å². The standard InChI is InChI=1S/C12H18N6O/c1-4-6-13-11-15-10(16-12(17-11)19-3)9-7-14-18(5-2)8-9/h7-8H,4-6H2,1-3H3,(H,13,15,16,17).